The molecule has 1 N–H and O–H groups in total. The predicted molar refractivity (Wildman–Crippen MR) is 82.5 cm³/mol. The molecule has 6 heteroatoms. The van der Waals surface area contributed by atoms with Crippen LogP contribution in [0.25, 0.3) is 0 Å². The first-order valence-corrected chi connectivity index (χ1v) is 7.32. The Hall–Kier alpha value is -1.66. The van der Waals surface area contributed by atoms with Crippen molar-refractivity contribution in [2.45, 2.75) is 19.4 Å². The van der Waals surface area contributed by atoms with Crippen LogP contribution in [0.2, 0.25) is 0 Å². The van der Waals surface area contributed by atoms with Crippen LogP contribution in [0.5, 0.6) is 0 Å². The van der Waals surface area contributed by atoms with Crippen LogP contribution in [-0.4, -0.2) is 43.7 Å². The zero-order valence-electron chi connectivity index (χ0n) is 12.7. The molecule has 1 saturated heterocycles. The van der Waals surface area contributed by atoms with Gasteiger partial charge < -0.3 is 15.0 Å². The number of hydrogen-bond acceptors (Lipinski definition) is 5. The molecule has 0 bridgehead atoms. The summed E-state index contributed by atoms with van der Waals surface area (Å²) in [5, 5.41) is 14.0. The largest absolute Gasteiger partial charge is 0.382 e. The van der Waals surface area contributed by atoms with Gasteiger partial charge in [0.1, 0.15) is 5.69 Å². The molecule has 0 aliphatic carbocycles. The lowest BCUT2D eigenvalue weighted by molar-refractivity contribution is -0.384. The molecule has 1 atom stereocenters. The molecule has 1 aromatic carbocycles. The standard InChI is InChI=1S/C15H23N3O3/c1-16-15-13(6-3-7-14(15)18(19)20)10-17(2)9-12-5-4-8-21-11-12/h3,6-7,12,16H,4-5,8-11H2,1-2H3. The minimum atomic E-state index is -0.343. The van der Waals surface area contributed by atoms with E-state index >= 15 is 0 Å². The first kappa shape index (κ1) is 15.7. The number of benzene rings is 1. The summed E-state index contributed by atoms with van der Waals surface area (Å²) in [5.74, 6) is 0.556. The lowest BCUT2D eigenvalue weighted by Crippen LogP contribution is -2.30. The molecule has 6 nitrogen and oxygen atoms in total. The number of nitro benzene ring substituents is 1. The molecule has 1 unspecified atom stereocenters. The van der Waals surface area contributed by atoms with E-state index < -0.39 is 0 Å². The van der Waals surface area contributed by atoms with Gasteiger partial charge in [0.25, 0.3) is 5.69 Å². The molecule has 0 spiro atoms. The van der Waals surface area contributed by atoms with Crippen molar-refractivity contribution in [3.05, 3.63) is 33.9 Å². The number of nitro groups is 1. The maximum absolute atomic E-state index is 11.1. The third-order valence-corrected chi connectivity index (χ3v) is 3.84. The van der Waals surface area contributed by atoms with Crippen LogP contribution in [0, 0.1) is 16.0 Å². The van der Waals surface area contributed by atoms with E-state index in [4.69, 9.17) is 4.74 Å². The molecule has 1 heterocycles. The highest BCUT2D eigenvalue weighted by Crippen LogP contribution is 2.28. The monoisotopic (exact) mass is 293 g/mol. The van der Waals surface area contributed by atoms with E-state index in [1.165, 1.54) is 12.5 Å². The van der Waals surface area contributed by atoms with Crippen LogP contribution in [-0.2, 0) is 11.3 Å². The lowest BCUT2D eigenvalue weighted by atomic mass is 10.0. The minimum absolute atomic E-state index is 0.129. The number of para-hydroxylation sites is 1. The Morgan fingerprint density at radius 1 is 1.52 bits per heavy atom. The molecule has 0 amide bonds. The molecular weight excluding hydrogens is 270 g/mol. The highest BCUT2D eigenvalue weighted by Gasteiger charge is 2.19. The molecule has 1 aliphatic rings. The quantitative estimate of drug-likeness (QED) is 0.644. The van der Waals surface area contributed by atoms with Gasteiger partial charge in [0.15, 0.2) is 0 Å². The van der Waals surface area contributed by atoms with Crippen molar-refractivity contribution >= 4 is 11.4 Å². The molecule has 1 fully saturated rings. The van der Waals surface area contributed by atoms with Crippen LogP contribution >= 0.6 is 0 Å². The van der Waals surface area contributed by atoms with Gasteiger partial charge in [0.05, 0.1) is 11.5 Å². The first-order valence-electron chi connectivity index (χ1n) is 7.32. The second-order valence-electron chi connectivity index (χ2n) is 5.60. The van der Waals surface area contributed by atoms with Gasteiger partial charge >= 0.3 is 0 Å². The maximum Gasteiger partial charge on any atom is 0.292 e. The van der Waals surface area contributed by atoms with Gasteiger partial charge in [0.2, 0.25) is 0 Å². The number of hydrogen-bond donors (Lipinski definition) is 1. The van der Waals surface area contributed by atoms with Crippen molar-refractivity contribution in [3.8, 4) is 0 Å². The van der Waals surface area contributed by atoms with Crippen molar-refractivity contribution in [2.24, 2.45) is 5.92 Å². The van der Waals surface area contributed by atoms with Gasteiger partial charge in [-0.05, 0) is 31.4 Å². The summed E-state index contributed by atoms with van der Waals surface area (Å²) in [6, 6.07) is 5.21. The van der Waals surface area contributed by atoms with Crippen LogP contribution in [0.15, 0.2) is 18.2 Å². The van der Waals surface area contributed by atoms with Crippen molar-refractivity contribution in [1.29, 1.82) is 0 Å². The Morgan fingerprint density at radius 2 is 2.33 bits per heavy atom. The van der Waals surface area contributed by atoms with E-state index in [2.05, 4.69) is 10.2 Å². The summed E-state index contributed by atoms with van der Waals surface area (Å²) in [6.07, 6.45) is 2.31. The molecule has 0 radical (unpaired) electrons. The van der Waals surface area contributed by atoms with Crippen LogP contribution in [0.4, 0.5) is 11.4 Å². The number of nitrogens with one attached hydrogen (secondary N) is 1. The second-order valence-corrected chi connectivity index (χ2v) is 5.60. The summed E-state index contributed by atoms with van der Waals surface area (Å²) in [4.78, 5) is 12.9. The van der Waals surface area contributed by atoms with Crippen molar-refractivity contribution in [2.75, 3.05) is 39.2 Å². The highest BCUT2D eigenvalue weighted by molar-refractivity contribution is 5.66. The maximum atomic E-state index is 11.1. The molecule has 0 aromatic heterocycles. The number of nitrogens with zero attached hydrogens (tertiary/aromatic N) is 2. The smallest absolute Gasteiger partial charge is 0.292 e. The topological polar surface area (TPSA) is 67.6 Å². The number of anilines is 1. The van der Waals surface area contributed by atoms with Crippen LogP contribution < -0.4 is 5.32 Å². The average molecular weight is 293 g/mol. The summed E-state index contributed by atoms with van der Waals surface area (Å²) in [6.45, 7) is 3.33. The van der Waals surface area contributed by atoms with Gasteiger partial charge in [-0.3, -0.25) is 10.1 Å². The van der Waals surface area contributed by atoms with Gasteiger partial charge in [-0.15, -0.1) is 0 Å². The summed E-state index contributed by atoms with van der Waals surface area (Å²) < 4.78 is 5.50. The van der Waals surface area contributed by atoms with E-state index in [0.29, 0.717) is 18.2 Å². The van der Waals surface area contributed by atoms with Gasteiger partial charge in [-0.1, -0.05) is 12.1 Å². The van der Waals surface area contributed by atoms with E-state index in [1.807, 2.05) is 13.1 Å². The van der Waals surface area contributed by atoms with Crippen LogP contribution in [0.3, 0.4) is 0 Å². The summed E-state index contributed by atoms with van der Waals surface area (Å²) in [7, 11) is 3.77. The normalized spacial score (nSPS) is 18.7. The van der Waals surface area contributed by atoms with Crippen LogP contribution in [0.1, 0.15) is 18.4 Å². The molecule has 0 saturated carbocycles. The molecule has 116 valence electrons. The fraction of sp³-hybridized carbons (Fsp3) is 0.600. The highest BCUT2D eigenvalue weighted by atomic mass is 16.6. The Bertz CT molecular complexity index is 487. The minimum Gasteiger partial charge on any atom is -0.382 e. The number of ether oxygens (including phenoxy) is 1. The predicted octanol–water partition coefficient (Wildman–Crippen LogP) is 2.49. The zero-order valence-corrected chi connectivity index (χ0v) is 12.7. The Morgan fingerprint density at radius 3 is 2.95 bits per heavy atom. The van der Waals surface area contributed by atoms with Crippen molar-refractivity contribution < 1.29 is 9.66 Å². The van der Waals surface area contributed by atoms with E-state index in [9.17, 15) is 10.1 Å². The van der Waals surface area contributed by atoms with Gasteiger partial charge in [-0.2, -0.15) is 0 Å². The Balaban J connectivity index is 2.04. The summed E-state index contributed by atoms with van der Waals surface area (Å²) in [5.41, 5.74) is 1.68. The van der Waals surface area contributed by atoms with Crippen molar-refractivity contribution in [3.63, 3.8) is 0 Å². The third kappa shape index (κ3) is 4.15. The zero-order chi connectivity index (χ0) is 15.2. The first-order chi connectivity index (χ1) is 10.1. The Kier molecular flexibility index (Phi) is 5.52. The van der Waals surface area contributed by atoms with E-state index in [1.54, 1.807) is 13.1 Å². The molecule has 2 rings (SSSR count). The van der Waals surface area contributed by atoms with E-state index in [-0.39, 0.29) is 10.6 Å². The SMILES string of the molecule is CNc1c(CN(C)CC2CCCOC2)cccc1[N+](=O)[O-]. The average Bonchev–Trinajstić information content (AvgIpc) is 2.47. The second kappa shape index (κ2) is 7.38. The molecular formula is C15H23N3O3. The Labute approximate surface area is 125 Å². The fourth-order valence-corrected chi connectivity index (χ4v) is 2.91. The lowest BCUT2D eigenvalue weighted by Gasteiger charge is -2.27. The van der Waals surface area contributed by atoms with E-state index in [0.717, 1.165) is 31.7 Å². The van der Waals surface area contributed by atoms with Gasteiger partial charge in [-0.25, -0.2) is 0 Å². The molecule has 1 aliphatic heterocycles. The summed E-state index contributed by atoms with van der Waals surface area (Å²) >= 11 is 0. The molecule has 21 heavy (non-hydrogen) atoms. The fourth-order valence-electron chi connectivity index (χ4n) is 2.91. The third-order valence-electron chi connectivity index (χ3n) is 3.84. The number of rotatable bonds is 6. The van der Waals surface area contributed by atoms with Crippen molar-refractivity contribution in [1.82, 2.24) is 4.90 Å². The molecule has 1 aromatic rings. The van der Waals surface area contributed by atoms with Gasteiger partial charge in [0, 0.05) is 32.8 Å².